The third-order valence-electron chi connectivity index (χ3n) is 5.03. The van der Waals surface area contributed by atoms with Crippen LogP contribution in [0.1, 0.15) is 30.5 Å². The lowest BCUT2D eigenvalue weighted by Crippen LogP contribution is -2.32. The van der Waals surface area contributed by atoms with Crippen molar-refractivity contribution in [1.29, 1.82) is 0 Å². The largest absolute Gasteiger partial charge is 0.336 e. The summed E-state index contributed by atoms with van der Waals surface area (Å²) in [6, 6.07) is 23.9. The van der Waals surface area contributed by atoms with E-state index in [0.29, 0.717) is 0 Å². The van der Waals surface area contributed by atoms with Crippen LogP contribution >= 0.6 is 31.9 Å². The molecule has 0 radical (unpaired) electrons. The molecule has 1 aliphatic rings. The van der Waals surface area contributed by atoms with Crippen molar-refractivity contribution in [2.75, 3.05) is 4.90 Å². The van der Waals surface area contributed by atoms with E-state index in [9.17, 15) is 0 Å². The normalized spacial score (nSPS) is 14.8. The summed E-state index contributed by atoms with van der Waals surface area (Å²) in [6.07, 6.45) is 0. The quantitative estimate of drug-likeness (QED) is 0.394. The summed E-state index contributed by atoms with van der Waals surface area (Å²) in [4.78, 5) is 2.43. The molecule has 0 spiro atoms. The van der Waals surface area contributed by atoms with Crippen LogP contribution in [-0.4, -0.2) is 0 Å². The first-order valence-corrected chi connectivity index (χ1v) is 9.97. The standard InChI is InChI=1S/C22H19Br2N/c1-22(2)18-12-16(23)8-10-20(18)25(14-15-6-4-3-5-7-15)21-11-9-17(24)13-19(21)22/h3-13H,14H2,1-2H3. The van der Waals surface area contributed by atoms with Gasteiger partial charge < -0.3 is 4.90 Å². The molecule has 0 aromatic heterocycles. The highest BCUT2D eigenvalue weighted by atomic mass is 79.9. The molecule has 0 N–H and O–H groups in total. The van der Waals surface area contributed by atoms with Crippen LogP contribution < -0.4 is 4.90 Å². The summed E-state index contributed by atoms with van der Waals surface area (Å²) in [5.74, 6) is 0. The number of nitrogens with zero attached hydrogens (tertiary/aromatic N) is 1. The van der Waals surface area contributed by atoms with Crippen LogP contribution in [0.4, 0.5) is 11.4 Å². The summed E-state index contributed by atoms with van der Waals surface area (Å²) in [7, 11) is 0. The van der Waals surface area contributed by atoms with Crippen molar-refractivity contribution >= 4 is 43.2 Å². The van der Waals surface area contributed by atoms with E-state index in [1.54, 1.807) is 0 Å². The van der Waals surface area contributed by atoms with E-state index in [1.807, 2.05) is 0 Å². The zero-order chi connectivity index (χ0) is 17.6. The van der Waals surface area contributed by atoms with Crippen molar-refractivity contribution in [3.63, 3.8) is 0 Å². The molecular formula is C22H19Br2N. The average molecular weight is 457 g/mol. The van der Waals surface area contributed by atoms with Gasteiger partial charge in [-0.15, -0.1) is 0 Å². The smallest absolute Gasteiger partial charge is 0.0481 e. The lowest BCUT2D eigenvalue weighted by Gasteiger charge is -2.42. The van der Waals surface area contributed by atoms with Crippen LogP contribution in [0.2, 0.25) is 0 Å². The Hall–Kier alpha value is -1.58. The molecule has 0 unspecified atom stereocenters. The Morgan fingerprint density at radius 3 is 1.80 bits per heavy atom. The van der Waals surface area contributed by atoms with Crippen molar-refractivity contribution < 1.29 is 0 Å². The zero-order valence-corrected chi connectivity index (χ0v) is 17.4. The van der Waals surface area contributed by atoms with Gasteiger partial charge in [-0.2, -0.15) is 0 Å². The maximum Gasteiger partial charge on any atom is 0.0481 e. The molecular weight excluding hydrogens is 438 g/mol. The molecule has 25 heavy (non-hydrogen) atoms. The summed E-state index contributed by atoms with van der Waals surface area (Å²) in [5.41, 5.74) is 6.53. The second-order valence-corrected chi connectivity index (χ2v) is 8.85. The van der Waals surface area contributed by atoms with Gasteiger partial charge in [-0.1, -0.05) is 76.0 Å². The molecule has 1 nitrogen and oxygen atoms in total. The molecule has 0 atom stereocenters. The molecule has 0 amide bonds. The predicted molar refractivity (Wildman–Crippen MR) is 113 cm³/mol. The molecule has 1 heterocycles. The molecule has 3 aromatic carbocycles. The van der Waals surface area contributed by atoms with Gasteiger partial charge in [0.25, 0.3) is 0 Å². The maximum absolute atomic E-state index is 3.66. The number of rotatable bonds is 2. The second-order valence-electron chi connectivity index (χ2n) is 7.02. The van der Waals surface area contributed by atoms with Crippen molar-refractivity contribution in [3.8, 4) is 0 Å². The Morgan fingerprint density at radius 2 is 1.28 bits per heavy atom. The van der Waals surface area contributed by atoms with E-state index < -0.39 is 0 Å². The molecule has 0 aliphatic carbocycles. The zero-order valence-electron chi connectivity index (χ0n) is 14.3. The van der Waals surface area contributed by atoms with Crippen molar-refractivity contribution in [2.45, 2.75) is 25.8 Å². The third kappa shape index (κ3) is 2.94. The van der Waals surface area contributed by atoms with Gasteiger partial charge in [0.05, 0.1) is 0 Å². The van der Waals surface area contributed by atoms with Gasteiger partial charge in [0.2, 0.25) is 0 Å². The van der Waals surface area contributed by atoms with Crippen LogP contribution in [-0.2, 0) is 12.0 Å². The van der Waals surface area contributed by atoms with E-state index in [4.69, 9.17) is 0 Å². The van der Waals surface area contributed by atoms with Gasteiger partial charge in [-0.25, -0.2) is 0 Å². The van der Waals surface area contributed by atoms with Gasteiger partial charge in [-0.05, 0) is 53.1 Å². The molecule has 1 aliphatic heterocycles. The summed E-state index contributed by atoms with van der Waals surface area (Å²) in [5, 5.41) is 0. The number of fused-ring (bicyclic) bond motifs is 2. The highest BCUT2D eigenvalue weighted by Gasteiger charge is 2.36. The molecule has 3 aromatic rings. The summed E-state index contributed by atoms with van der Waals surface area (Å²) < 4.78 is 2.25. The fraction of sp³-hybridized carbons (Fsp3) is 0.182. The Labute approximate surface area is 165 Å². The first-order chi connectivity index (χ1) is 12.0. The Morgan fingerprint density at radius 1 is 0.760 bits per heavy atom. The highest BCUT2D eigenvalue weighted by molar-refractivity contribution is 9.10. The van der Waals surface area contributed by atoms with Crippen molar-refractivity contribution in [1.82, 2.24) is 0 Å². The van der Waals surface area contributed by atoms with Gasteiger partial charge in [0.15, 0.2) is 0 Å². The summed E-state index contributed by atoms with van der Waals surface area (Å²) >= 11 is 7.31. The van der Waals surface area contributed by atoms with Crippen LogP contribution in [0.3, 0.4) is 0 Å². The van der Waals surface area contributed by atoms with Crippen LogP contribution in [0, 0.1) is 0 Å². The first-order valence-electron chi connectivity index (χ1n) is 8.38. The molecule has 0 saturated heterocycles. The Kier molecular flexibility index (Phi) is 4.25. The van der Waals surface area contributed by atoms with Crippen LogP contribution in [0.5, 0.6) is 0 Å². The maximum atomic E-state index is 3.66. The minimum absolute atomic E-state index is 0.0502. The lowest BCUT2D eigenvalue weighted by molar-refractivity contribution is 0.623. The number of anilines is 2. The third-order valence-corrected chi connectivity index (χ3v) is 6.02. The predicted octanol–water partition coefficient (Wildman–Crippen LogP) is 7.19. The SMILES string of the molecule is CC1(C)c2cc(Br)ccc2N(Cc2ccccc2)c2ccc(Br)cc21. The number of halogens is 2. The number of benzene rings is 3. The number of hydrogen-bond donors (Lipinski definition) is 0. The Bertz CT molecular complexity index is 877. The monoisotopic (exact) mass is 455 g/mol. The van der Waals surface area contributed by atoms with Gasteiger partial charge in [0, 0.05) is 32.3 Å². The minimum Gasteiger partial charge on any atom is -0.336 e. The van der Waals surface area contributed by atoms with Crippen molar-refractivity contribution in [3.05, 3.63) is 92.4 Å². The number of hydrogen-bond acceptors (Lipinski definition) is 1. The van der Waals surface area contributed by atoms with Crippen LogP contribution in [0.15, 0.2) is 75.7 Å². The fourth-order valence-corrected chi connectivity index (χ4v) is 4.42. The van der Waals surface area contributed by atoms with Gasteiger partial charge in [0.1, 0.15) is 0 Å². The van der Waals surface area contributed by atoms with Crippen molar-refractivity contribution in [2.24, 2.45) is 0 Å². The van der Waals surface area contributed by atoms with E-state index >= 15 is 0 Å². The minimum atomic E-state index is -0.0502. The van der Waals surface area contributed by atoms with E-state index in [2.05, 4.69) is 117 Å². The first kappa shape index (κ1) is 16.9. The topological polar surface area (TPSA) is 3.24 Å². The fourth-order valence-electron chi connectivity index (χ4n) is 3.70. The molecule has 0 saturated carbocycles. The molecule has 3 heteroatoms. The molecule has 4 rings (SSSR count). The second kappa shape index (κ2) is 6.30. The van der Waals surface area contributed by atoms with Gasteiger partial charge in [-0.3, -0.25) is 0 Å². The average Bonchev–Trinajstić information content (AvgIpc) is 2.60. The molecule has 0 bridgehead atoms. The van der Waals surface area contributed by atoms with Crippen LogP contribution in [0.25, 0.3) is 0 Å². The Balaban J connectivity index is 1.93. The molecule has 0 fully saturated rings. The van der Waals surface area contributed by atoms with E-state index in [-0.39, 0.29) is 5.41 Å². The highest BCUT2D eigenvalue weighted by Crippen LogP contribution is 2.50. The molecule has 126 valence electrons. The summed E-state index contributed by atoms with van der Waals surface area (Å²) in [6.45, 7) is 5.48. The van der Waals surface area contributed by atoms with E-state index in [1.165, 1.54) is 28.1 Å². The van der Waals surface area contributed by atoms with E-state index in [0.717, 1.165) is 15.5 Å². The lowest BCUT2D eigenvalue weighted by atomic mass is 9.73. The van der Waals surface area contributed by atoms with Gasteiger partial charge >= 0.3 is 0 Å².